The molecule has 2 aliphatic rings. The van der Waals surface area contributed by atoms with E-state index in [-0.39, 0.29) is 11.9 Å². The zero-order valence-corrected chi connectivity index (χ0v) is 20.9. The van der Waals surface area contributed by atoms with Crippen LogP contribution in [0.3, 0.4) is 0 Å². The third-order valence-electron chi connectivity index (χ3n) is 6.87. The van der Waals surface area contributed by atoms with E-state index >= 15 is 0 Å². The second-order valence-electron chi connectivity index (χ2n) is 9.62. The van der Waals surface area contributed by atoms with Gasteiger partial charge in [0.15, 0.2) is 5.75 Å². The van der Waals surface area contributed by atoms with E-state index in [1.165, 1.54) is 13.3 Å². The Hall–Kier alpha value is -3.16. The largest absolute Gasteiger partial charge is 0.478 e. The van der Waals surface area contributed by atoms with E-state index in [2.05, 4.69) is 34.2 Å². The highest BCUT2D eigenvalue weighted by Gasteiger charge is 2.51. The van der Waals surface area contributed by atoms with Crippen LogP contribution in [0.15, 0.2) is 48.8 Å². The molecule has 5 rings (SSSR count). The maximum Gasteiger partial charge on any atom is 0.257 e. The van der Waals surface area contributed by atoms with Gasteiger partial charge >= 0.3 is 0 Å². The number of carbonyl (C=O) groups excluding carboxylic acids is 1. The molecule has 1 aliphatic heterocycles. The molecule has 0 unspecified atom stereocenters. The Morgan fingerprint density at radius 2 is 2.00 bits per heavy atom. The first-order valence-corrected chi connectivity index (χ1v) is 12.2. The number of rotatable bonds is 7. The van der Waals surface area contributed by atoms with Gasteiger partial charge in [-0.05, 0) is 55.5 Å². The Morgan fingerprint density at radius 1 is 1.20 bits per heavy atom. The monoisotopic (exact) mass is 492 g/mol. The molecule has 0 atom stereocenters. The Bertz CT molecular complexity index is 1250. The van der Waals surface area contributed by atoms with Gasteiger partial charge in [0, 0.05) is 54.8 Å². The summed E-state index contributed by atoms with van der Waals surface area (Å²) in [5, 5.41) is 3.69. The molecule has 3 heterocycles. The van der Waals surface area contributed by atoms with Crippen LogP contribution in [0.5, 0.6) is 17.4 Å². The zero-order valence-electron chi connectivity index (χ0n) is 20.2. The molecular formula is C27H29ClN4O3. The number of nitrogens with one attached hydrogen (secondary N) is 1. The number of carbonyl (C=O) groups is 1. The van der Waals surface area contributed by atoms with Gasteiger partial charge in [-0.15, -0.1) is 0 Å². The summed E-state index contributed by atoms with van der Waals surface area (Å²) < 4.78 is 11.3. The second-order valence-corrected chi connectivity index (χ2v) is 10.1. The summed E-state index contributed by atoms with van der Waals surface area (Å²) in [7, 11) is 3.67. The molecule has 8 heteroatoms. The Morgan fingerprint density at radius 3 is 2.71 bits per heavy atom. The molecule has 1 N–H and O–H groups in total. The van der Waals surface area contributed by atoms with Gasteiger partial charge in [0.25, 0.3) is 11.8 Å². The number of aromatic nitrogens is 2. The molecule has 0 radical (unpaired) electrons. The van der Waals surface area contributed by atoms with Crippen LogP contribution in [0, 0.1) is 5.41 Å². The number of hydrogen-bond acceptors (Lipinski definition) is 6. The molecule has 1 spiro atoms. The molecule has 1 aliphatic carbocycles. The van der Waals surface area contributed by atoms with Gasteiger partial charge in [0.05, 0.1) is 17.8 Å². The van der Waals surface area contributed by atoms with E-state index in [0.717, 1.165) is 54.7 Å². The molecule has 2 fully saturated rings. The van der Waals surface area contributed by atoms with Gasteiger partial charge < -0.3 is 19.7 Å². The van der Waals surface area contributed by atoms with Gasteiger partial charge in [-0.1, -0.05) is 24.6 Å². The van der Waals surface area contributed by atoms with Crippen LogP contribution in [0.4, 0.5) is 0 Å². The molecule has 1 saturated heterocycles. The first kappa shape index (κ1) is 23.6. The van der Waals surface area contributed by atoms with Gasteiger partial charge in [-0.2, -0.15) is 0 Å². The summed E-state index contributed by atoms with van der Waals surface area (Å²) in [6.45, 7) is 4.35. The number of halogens is 1. The molecule has 2 aromatic heterocycles. The number of methoxy groups -OCH3 is 1. The fourth-order valence-corrected chi connectivity index (χ4v) is 5.52. The predicted molar refractivity (Wildman–Crippen MR) is 135 cm³/mol. The number of nitrogens with zero attached hydrogens (tertiary/aromatic N) is 3. The quantitative estimate of drug-likeness (QED) is 0.501. The van der Waals surface area contributed by atoms with Crippen molar-refractivity contribution in [2.24, 2.45) is 5.41 Å². The lowest BCUT2D eigenvalue weighted by atomic mass is 9.61. The third-order valence-corrected chi connectivity index (χ3v) is 7.08. The SMILES string of the molecule is CCc1cc(-c2cc(Oc3cc(Cl)cnc3OC)ccn2)ccc1C(=O)NC1CC2(C1)CN(C)C2. The number of benzene rings is 1. The summed E-state index contributed by atoms with van der Waals surface area (Å²) in [4.78, 5) is 24.0. The third kappa shape index (κ3) is 4.83. The number of pyridine rings is 2. The van der Waals surface area contributed by atoms with Crippen LogP contribution in [-0.2, 0) is 6.42 Å². The summed E-state index contributed by atoms with van der Waals surface area (Å²) >= 11 is 6.07. The van der Waals surface area contributed by atoms with E-state index in [0.29, 0.717) is 27.8 Å². The van der Waals surface area contributed by atoms with Crippen LogP contribution in [0.2, 0.25) is 5.02 Å². The van der Waals surface area contributed by atoms with Gasteiger partial charge in [-0.3, -0.25) is 9.78 Å². The van der Waals surface area contributed by atoms with Crippen molar-refractivity contribution in [1.29, 1.82) is 0 Å². The van der Waals surface area contributed by atoms with Crippen molar-refractivity contribution < 1.29 is 14.3 Å². The molecule has 7 nitrogen and oxygen atoms in total. The number of hydrogen-bond donors (Lipinski definition) is 1. The molecule has 1 saturated carbocycles. The average Bonchev–Trinajstić information content (AvgIpc) is 2.81. The standard InChI is InChI=1S/C27H29ClN4O3/c1-4-17-9-18(5-6-22(17)25(33)31-20-12-27(13-20)15-32(2)16-27)23-11-21(7-8-29-23)35-24-10-19(28)14-30-26(24)34-3/h5-11,14,20H,4,12-13,15-16H2,1-3H3,(H,31,33). The summed E-state index contributed by atoms with van der Waals surface area (Å²) in [6, 6.07) is 11.4. The minimum Gasteiger partial charge on any atom is -0.478 e. The van der Waals surface area contributed by atoms with Crippen LogP contribution in [0.25, 0.3) is 11.3 Å². The minimum absolute atomic E-state index is 0.00604. The molecule has 1 aromatic carbocycles. The molecule has 0 bridgehead atoms. The fourth-order valence-electron chi connectivity index (χ4n) is 5.37. The summed E-state index contributed by atoms with van der Waals surface area (Å²) in [5.41, 5.74) is 3.82. The maximum atomic E-state index is 13.0. The number of aryl methyl sites for hydroxylation is 1. The first-order valence-electron chi connectivity index (χ1n) is 11.8. The maximum absolute atomic E-state index is 13.0. The first-order chi connectivity index (χ1) is 16.9. The van der Waals surface area contributed by atoms with Gasteiger partial charge in [-0.25, -0.2) is 4.98 Å². The van der Waals surface area contributed by atoms with Crippen LogP contribution < -0.4 is 14.8 Å². The van der Waals surface area contributed by atoms with Crippen molar-refractivity contribution in [3.63, 3.8) is 0 Å². The number of likely N-dealkylation sites (tertiary alicyclic amines) is 1. The molecule has 182 valence electrons. The van der Waals surface area contributed by atoms with Crippen molar-refractivity contribution in [2.75, 3.05) is 27.2 Å². The highest BCUT2D eigenvalue weighted by atomic mass is 35.5. The lowest BCUT2D eigenvalue weighted by molar-refractivity contribution is -0.0625. The normalized spacial score (nSPS) is 16.9. The van der Waals surface area contributed by atoms with Crippen molar-refractivity contribution in [2.45, 2.75) is 32.2 Å². The minimum atomic E-state index is 0.00604. The van der Waals surface area contributed by atoms with Crippen molar-refractivity contribution >= 4 is 17.5 Å². The Balaban J connectivity index is 1.31. The topological polar surface area (TPSA) is 76.6 Å². The average molecular weight is 493 g/mol. The van der Waals surface area contributed by atoms with Crippen molar-refractivity contribution in [1.82, 2.24) is 20.2 Å². The zero-order chi connectivity index (χ0) is 24.6. The fraction of sp³-hybridized carbons (Fsp3) is 0.370. The van der Waals surface area contributed by atoms with Crippen LogP contribution in [-0.4, -0.2) is 54.1 Å². The molecule has 1 amide bonds. The summed E-state index contributed by atoms with van der Waals surface area (Å²) in [6.07, 6.45) is 6.09. The number of amides is 1. The van der Waals surface area contributed by atoms with Gasteiger partial charge in [0.1, 0.15) is 5.75 Å². The smallest absolute Gasteiger partial charge is 0.257 e. The molecular weight excluding hydrogens is 464 g/mol. The van der Waals surface area contributed by atoms with Crippen molar-refractivity contribution in [3.8, 4) is 28.6 Å². The second kappa shape index (κ2) is 9.47. The van der Waals surface area contributed by atoms with Crippen LogP contribution in [0.1, 0.15) is 35.7 Å². The predicted octanol–water partition coefficient (Wildman–Crippen LogP) is 4.98. The molecule has 3 aromatic rings. The summed E-state index contributed by atoms with van der Waals surface area (Å²) in [5.74, 6) is 1.35. The lowest BCUT2D eigenvalue weighted by Crippen LogP contribution is -2.65. The van der Waals surface area contributed by atoms with E-state index in [1.807, 2.05) is 24.3 Å². The number of ether oxygens (including phenoxy) is 2. The van der Waals surface area contributed by atoms with E-state index in [1.54, 1.807) is 18.3 Å². The van der Waals surface area contributed by atoms with E-state index in [9.17, 15) is 4.79 Å². The van der Waals surface area contributed by atoms with Gasteiger partial charge in [0.2, 0.25) is 0 Å². The van der Waals surface area contributed by atoms with Crippen LogP contribution >= 0.6 is 11.6 Å². The lowest BCUT2D eigenvalue weighted by Gasteiger charge is -2.58. The van der Waals surface area contributed by atoms with E-state index in [4.69, 9.17) is 21.1 Å². The molecule has 35 heavy (non-hydrogen) atoms. The highest BCUT2D eigenvalue weighted by molar-refractivity contribution is 6.30. The highest BCUT2D eigenvalue weighted by Crippen LogP contribution is 2.47. The van der Waals surface area contributed by atoms with E-state index < -0.39 is 0 Å². The Labute approximate surface area is 210 Å². The van der Waals surface area contributed by atoms with Crippen molar-refractivity contribution in [3.05, 3.63) is 64.9 Å². The Kier molecular flexibility index (Phi) is 6.38.